The number of hydrogen-bond acceptors (Lipinski definition) is 7. The average Bonchev–Trinajstić information content (AvgIpc) is 3.20. The van der Waals surface area contributed by atoms with Gasteiger partial charge in [-0.05, 0) is 25.7 Å². The fourth-order valence-corrected chi connectivity index (χ4v) is 2.66. The van der Waals surface area contributed by atoms with Crippen molar-refractivity contribution >= 4 is 17.8 Å². The summed E-state index contributed by atoms with van der Waals surface area (Å²) in [6.45, 7) is 2.70. The second-order valence-corrected chi connectivity index (χ2v) is 5.54. The molecule has 1 aliphatic carbocycles. The fraction of sp³-hybridized carbons (Fsp3) is 0.714. The van der Waals surface area contributed by atoms with Crippen LogP contribution in [0.15, 0.2) is 0 Å². The molecule has 112 valence electrons. The van der Waals surface area contributed by atoms with Gasteiger partial charge in [-0.15, -0.1) is 0 Å². The minimum absolute atomic E-state index is 0.483. The van der Waals surface area contributed by atoms with Gasteiger partial charge in [-0.1, -0.05) is 0 Å². The summed E-state index contributed by atoms with van der Waals surface area (Å²) in [5, 5.41) is 11.9. The zero-order valence-electron chi connectivity index (χ0n) is 12.4. The topological polar surface area (TPSA) is 81.0 Å². The van der Waals surface area contributed by atoms with E-state index in [9.17, 15) is 0 Å². The molecule has 1 aromatic rings. The predicted octanol–water partition coefficient (Wildman–Crippen LogP) is 1.40. The summed E-state index contributed by atoms with van der Waals surface area (Å²) in [5.41, 5.74) is 0. The Labute approximate surface area is 125 Å². The molecular formula is C14H21N7. The molecule has 0 atom stereocenters. The molecule has 0 spiro atoms. The van der Waals surface area contributed by atoms with E-state index in [-0.39, 0.29) is 0 Å². The fourth-order valence-electron chi connectivity index (χ4n) is 2.66. The van der Waals surface area contributed by atoms with Crippen molar-refractivity contribution < 1.29 is 0 Å². The van der Waals surface area contributed by atoms with Crippen LogP contribution in [0.1, 0.15) is 32.1 Å². The highest BCUT2D eigenvalue weighted by Crippen LogP contribution is 2.31. The summed E-state index contributed by atoms with van der Waals surface area (Å²) < 4.78 is 0. The van der Waals surface area contributed by atoms with E-state index in [2.05, 4.69) is 36.1 Å². The van der Waals surface area contributed by atoms with Gasteiger partial charge in [0.2, 0.25) is 17.8 Å². The number of anilines is 3. The summed E-state index contributed by atoms with van der Waals surface area (Å²) in [7, 11) is 1.82. The number of nitrogens with one attached hydrogen (secondary N) is 1. The van der Waals surface area contributed by atoms with Crippen LogP contribution in [0.3, 0.4) is 0 Å². The molecule has 1 aliphatic heterocycles. The number of nitrogens with zero attached hydrogens (tertiary/aromatic N) is 6. The average molecular weight is 287 g/mol. The lowest BCUT2D eigenvalue weighted by molar-refractivity contribution is 0.749. The zero-order chi connectivity index (χ0) is 14.7. The molecule has 0 radical (unpaired) electrons. The van der Waals surface area contributed by atoms with Crippen molar-refractivity contribution in [3.8, 4) is 6.07 Å². The SMILES string of the molecule is CNc1nc(N2CCCC2)nc(N(CCC#N)C2CC2)n1. The smallest absolute Gasteiger partial charge is 0.232 e. The molecule has 0 unspecified atom stereocenters. The minimum atomic E-state index is 0.483. The molecule has 1 saturated carbocycles. The molecule has 1 aromatic heterocycles. The van der Waals surface area contributed by atoms with E-state index >= 15 is 0 Å². The molecule has 7 heteroatoms. The van der Waals surface area contributed by atoms with E-state index in [1.54, 1.807) is 0 Å². The van der Waals surface area contributed by atoms with Crippen LogP contribution >= 0.6 is 0 Å². The molecule has 21 heavy (non-hydrogen) atoms. The number of hydrogen-bond donors (Lipinski definition) is 1. The molecule has 7 nitrogen and oxygen atoms in total. The van der Waals surface area contributed by atoms with Crippen LogP contribution in [0.2, 0.25) is 0 Å². The predicted molar refractivity (Wildman–Crippen MR) is 81.4 cm³/mol. The lowest BCUT2D eigenvalue weighted by Gasteiger charge is -2.23. The highest BCUT2D eigenvalue weighted by atomic mass is 15.4. The van der Waals surface area contributed by atoms with Crippen LogP contribution in [0.5, 0.6) is 0 Å². The van der Waals surface area contributed by atoms with Gasteiger partial charge in [0.25, 0.3) is 0 Å². The molecule has 2 heterocycles. The maximum Gasteiger partial charge on any atom is 0.232 e. The van der Waals surface area contributed by atoms with Crippen molar-refractivity contribution in [1.29, 1.82) is 5.26 Å². The zero-order valence-corrected chi connectivity index (χ0v) is 12.4. The van der Waals surface area contributed by atoms with Crippen LogP contribution in [-0.4, -0.2) is 47.7 Å². The lowest BCUT2D eigenvalue weighted by Crippen LogP contribution is -2.30. The summed E-state index contributed by atoms with van der Waals surface area (Å²) in [6, 6.07) is 2.69. The monoisotopic (exact) mass is 287 g/mol. The van der Waals surface area contributed by atoms with Gasteiger partial charge in [0.05, 0.1) is 12.5 Å². The second-order valence-electron chi connectivity index (χ2n) is 5.54. The molecule has 0 amide bonds. The van der Waals surface area contributed by atoms with Crippen LogP contribution in [0.25, 0.3) is 0 Å². The van der Waals surface area contributed by atoms with Crippen molar-refractivity contribution in [2.24, 2.45) is 0 Å². The maximum absolute atomic E-state index is 8.84. The highest BCUT2D eigenvalue weighted by molar-refractivity contribution is 5.46. The van der Waals surface area contributed by atoms with Crippen LogP contribution in [0, 0.1) is 11.3 Å². The molecule has 2 fully saturated rings. The van der Waals surface area contributed by atoms with Gasteiger partial charge in [0, 0.05) is 32.7 Å². The summed E-state index contributed by atoms with van der Waals surface area (Å²) in [4.78, 5) is 18.0. The minimum Gasteiger partial charge on any atom is -0.357 e. The van der Waals surface area contributed by atoms with E-state index in [0.717, 1.165) is 31.9 Å². The first-order chi connectivity index (χ1) is 10.3. The van der Waals surface area contributed by atoms with Gasteiger partial charge < -0.3 is 15.1 Å². The molecule has 0 aromatic carbocycles. The molecule has 3 rings (SSSR count). The number of rotatable bonds is 6. The third-order valence-corrected chi connectivity index (χ3v) is 3.93. The van der Waals surface area contributed by atoms with E-state index in [1.807, 2.05) is 7.05 Å². The van der Waals surface area contributed by atoms with Gasteiger partial charge in [0.15, 0.2) is 0 Å². The van der Waals surface area contributed by atoms with Gasteiger partial charge in [-0.25, -0.2) is 0 Å². The Kier molecular flexibility index (Phi) is 4.04. The van der Waals surface area contributed by atoms with Gasteiger partial charge in [-0.3, -0.25) is 0 Å². The Hall–Kier alpha value is -2.10. The first kappa shape index (κ1) is 13.9. The third kappa shape index (κ3) is 3.15. The quantitative estimate of drug-likeness (QED) is 0.846. The summed E-state index contributed by atoms with van der Waals surface area (Å²) in [5.74, 6) is 2.06. The van der Waals surface area contributed by atoms with E-state index < -0.39 is 0 Å². The van der Waals surface area contributed by atoms with Crippen molar-refractivity contribution in [2.45, 2.75) is 38.1 Å². The molecule has 0 bridgehead atoms. The molecule has 2 aliphatic rings. The van der Waals surface area contributed by atoms with E-state index in [4.69, 9.17) is 5.26 Å². The van der Waals surface area contributed by atoms with Crippen molar-refractivity contribution in [3.05, 3.63) is 0 Å². The largest absolute Gasteiger partial charge is 0.357 e. The summed E-state index contributed by atoms with van der Waals surface area (Å²) >= 11 is 0. The Morgan fingerprint density at radius 1 is 1.29 bits per heavy atom. The Morgan fingerprint density at radius 3 is 2.67 bits per heavy atom. The molecule has 1 saturated heterocycles. The van der Waals surface area contributed by atoms with Crippen LogP contribution < -0.4 is 15.1 Å². The Morgan fingerprint density at radius 2 is 2.05 bits per heavy atom. The lowest BCUT2D eigenvalue weighted by atomic mass is 10.4. The van der Waals surface area contributed by atoms with Gasteiger partial charge in [-0.2, -0.15) is 20.2 Å². The summed E-state index contributed by atoms with van der Waals surface area (Å²) in [6.07, 6.45) is 5.19. The van der Waals surface area contributed by atoms with Crippen molar-refractivity contribution in [2.75, 3.05) is 41.8 Å². The van der Waals surface area contributed by atoms with Crippen LogP contribution in [-0.2, 0) is 0 Å². The van der Waals surface area contributed by atoms with Gasteiger partial charge >= 0.3 is 0 Å². The first-order valence-corrected chi connectivity index (χ1v) is 7.64. The second kappa shape index (κ2) is 6.12. The third-order valence-electron chi connectivity index (χ3n) is 3.93. The van der Waals surface area contributed by atoms with Crippen molar-refractivity contribution in [1.82, 2.24) is 15.0 Å². The Bertz CT molecular complexity index is 529. The van der Waals surface area contributed by atoms with E-state index in [0.29, 0.717) is 30.9 Å². The van der Waals surface area contributed by atoms with Crippen LogP contribution in [0.4, 0.5) is 17.8 Å². The van der Waals surface area contributed by atoms with Gasteiger partial charge in [0.1, 0.15) is 0 Å². The van der Waals surface area contributed by atoms with E-state index in [1.165, 1.54) is 12.8 Å². The molecule has 1 N–H and O–H groups in total. The molecular weight excluding hydrogens is 266 g/mol. The standard InChI is InChI=1S/C14H21N7/c1-16-12-17-13(20-8-2-3-9-20)19-14(18-12)21(10-4-7-15)11-5-6-11/h11H,2-6,8-10H2,1H3,(H,16,17,18,19). The first-order valence-electron chi connectivity index (χ1n) is 7.64. The Balaban J connectivity index is 1.88. The normalized spacial score (nSPS) is 17.6. The number of nitriles is 1. The van der Waals surface area contributed by atoms with Crippen molar-refractivity contribution in [3.63, 3.8) is 0 Å². The highest BCUT2D eigenvalue weighted by Gasteiger charge is 2.31. The number of aromatic nitrogens is 3. The maximum atomic E-state index is 8.84.